The van der Waals surface area contributed by atoms with E-state index in [9.17, 15) is 0 Å². The lowest BCUT2D eigenvalue weighted by Crippen LogP contribution is -2.19. The highest BCUT2D eigenvalue weighted by Gasteiger charge is 2.14. The van der Waals surface area contributed by atoms with E-state index in [1.165, 1.54) is 25.7 Å². The summed E-state index contributed by atoms with van der Waals surface area (Å²) < 4.78 is 0. The molecule has 1 unspecified atom stereocenters. The molecule has 4 heteroatoms. The minimum absolute atomic E-state index is 0.332. The molecule has 0 amide bonds. The van der Waals surface area contributed by atoms with E-state index < -0.39 is 0 Å². The van der Waals surface area contributed by atoms with Crippen molar-refractivity contribution in [1.29, 1.82) is 0 Å². The molecule has 1 aromatic heterocycles. The maximum atomic E-state index is 4.72. The fourth-order valence-electron chi connectivity index (χ4n) is 2.28. The summed E-state index contributed by atoms with van der Waals surface area (Å²) >= 11 is 0. The van der Waals surface area contributed by atoms with Gasteiger partial charge in [-0.25, -0.2) is 9.97 Å². The van der Waals surface area contributed by atoms with E-state index in [1.807, 2.05) is 0 Å². The van der Waals surface area contributed by atoms with E-state index in [0.29, 0.717) is 12.0 Å². The van der Waals surface area contributed by atoms with Crippen molar-refractivity contribution < 1.29 is 0 Å². The average molecular weight is 292 g/mol. The molecule has 1 rings (SSSR count). The molecule has 4 nitrogen and oxygen atoms in total. The Hall–Kier alpha value is -1.32. The first-order valence-corrected chi connectivity index (χ1v) is 8.38. The van der Waals surface area contributed by atoms with E-state index in [4.69, 9.17) is 4.98 Å². The van der Waals surface area contributed by atoms with Gasteiger partial charge in [0.1, 0.15) is 17.5 Å². The number of nitrogens with zero attached hydrogens (tertiary/aromatic N) is 2. The van der Waals surface area contributed by atoms with Gasteiger partial charge in [-0.2, -0.15) is 0 Å². The molecule has 21 heavy (non-hydrogen) atoms. The highest BCUT2D eigenvalue weighted by molar-refractivity contribution is 5.57. The third kappa shape index (κ3) is 5.52. The normalized spacial score (nSPS) is 12.5. The molecule has 0 fully saturated rings. The molecule has 0 aliphatic heterocycles. The van der Waals surface area contributed by atoms with E-state index in [2.05, 4.69) is 57.2 Å². The van der Waals surface area contributed by atoms with Gasteiger partial charge < -0.3 is 10.6 Å². The van der Waals surface area contributed by atoms with Gasteiger partial charge in [0.25, 0.3) is 0 Å². The maximum absolute atomic E-state index is 4.72. The number of hydrogen-bond donors (Lipinski definition) is 2. The minimum Gasteiger partial charge on any atom is -0.370 e. The maximum Gasteiger partial charge on any atom is 0.135 e. The van der Waals surface area contributed by atoms with Crippen LogP contribution in [0.1, 0.15) is 77.6 Å². The van der Waals surface area contributed by atoms with Crippen LogP contribution in [0.2, 0.25) is 0 Å². The first-order chi connectivity index (χ1) is 9.99. The SMILES string of the molecule is CCCCCC(C)Nc1nc(C(C)C)nc(NCC)c1C. The Morgan fingerprint density at radius 3 is 2.24 bits per heavy atom. The lowest BCUT2D eigenvalue weighted by atomic mass is 10.1. The summed E-state index contributed by atoms with van der Waals surface area (Å²) in [5, 5.41) is 6.92. The van der Waals surface area contributed by atoms with Gasteiger partial charge >= 0.3 is 0 Å². The highest BCUT2D eigenvalue weighted by atomic mass is 15.1. The van der Waals surface area contributed by atoms with Crippen LogP contribution in [0.5, 0.6) is 0 Å². The number of anilines is 2. The number of hydrogen-bond acceptors (Lipinski definition) is 4. The Morgan fingerprint density at radius 2 is 1.67 bits per heavy atom. The van der Waals surface area contributed by atoms with Crippen LogP contribution < -0.4 is 10.6 Å². The van der Waals surface area contributed by atoms with Crippen molar-refractivity contribution in [1.82, 2.24) is 9.97 Å². The Labute approximate surface area is 130 Å². The van der Waals surface area contributed by atoms with Crippen LogP contribution in [0, 0.1) is 6.92 Å². The Bertz CT molecular complexity index is 429. The smallest absolute Gasteiger partial charge is 0.135 e. The average Bonchev–Trinajstić information content (AvgIpc) is 2.43. The third-order valence-electron chi connectivity index (χ3n) is 3.65. The van der Waals surface area contributed by atoms with Crippen molar-refractivity contribution in [2.75, 3.05) is 17.2 Å². The quantitative estimate of drug-likeness (QED) is 0.647. The van der Waals surface area contributed by atoms with E-state index in [1.54, 1.807) is 0 Å². The van der Waals surface area contributed by atoms with Gasteiger partial charge in [-0.3, -0.25) is 0 Å². The molecule has 0 aliphatic carbocycles. The summed E-state index contributed by atoms with van der Waals surface area (Å²) in [6.45, 7) is 13.8. The second-order valence-electron chi connectivity index (χ2n) is 6.13. The molecule has 0 aromatic carbocycles. The summed E-state index contributed by atoms with van der Waals surface area (Å²) in [7, 11) is 0. The van der Waals surface area contributed by atoms with Crippen molar-refractivity contribution >= 4 is 11.6 Å². The molecule has 1 heterocycles. The summed E-state index contributed by atoms with van der Waals surface area (Å²) in [5.74, 6) is 3.17. The first kappa shape index (κ1) is 17.7. The Morgan fingerprint density at radius 1 is 1.00 bits per heavy atom. The zero-order valence-electron chi connectivity index (χ0n) is 14.6. The van der Waals surface area contributed by atoms with Crippen molar-refractivity contribution in [3.05, 3.63) is 11.4 Å². The summed E-state index contributed by atoms with van der Waals surface area (Å²) in [6, 6.07) is 0.444. The van der Waals surface area contributed by atoms with Crippen LogP contribution >= 0.6 is 0 Å². The number of rotatable bonds is 9. The molecule has 0 saturated carbocycles. The molecular weight excluding hydrogens is 260 g/mol. The molecule has 2 N–H and O–H groups in total. The highest BCUT2D eigenvalue weighted by Crippen LogP contribution is 2.24. The first-order valence-electron chi connectivity index (χ1n) is 8.38. The van der Waals surface area contributed by atoms with Gasteiger partial charge in [0, 0.05) is 24.1 Å². The fraction of sp³-hybridized carbons (Fsp3) is 0.765. The van der Waals surface area contributed by atoms with Gasteiger partial charge in [0.05, 0.1) is 0 Å². The molecule has 1 aromatic rings. The van der Waals surface area contributed by atoms with E-state index in [0.717, 1.165) is 29.6 Å². The van der Waals surface area contributed by atoms with E-state index >= 15 is 0 Å². The predicted molar refractivity (Wildman–Crippen MR) is 92.2 cm³/mol. The zero-order valence-corrected chi connectivity index (χ0v) is 14.6. The minimum atomic E-state index is 0.332. The Kier molecular flexibility index (Phi) is 7.48. The standard InChI is InChI=1S/C17H32N4/c1-7-9-10-11-13(5)19-17-14(6)16(18-8-2)20-15(21-17)12(3)4/h12-13H,7-11H2,1-6H3,(H2,18,19,20,21). The lowest BCUT2D eigenvalue weighted by molar-refractivity contribution is 0.612. The van der Waals surface area contributed by atoms with Gasteiger partial charge in [0.15, 0.2) is 0 Å². The fourth-order valence-corrected chi connectivity index (χ4v) is 2.28. The second kappa shape index (κ2) is 8.85. The summed E-state index contributed by atoms with van der Waals surface area (Å²) in [5.41, 5.74) is 1.11. The number of aromatic nitrogens is 2. The molecule has 0 spiro atoms. The van der Waals surface area contributed by atoms with Gasteiger partial charge in [-0.1, -0.05) is 40.0 Å². The van der Waals surface area contributed by atoms with Crippen LogP contribution in [0.4, 0.5) is 11.6 Å². The number of unbranched alkanes of at least 4 members (excludes halogenated alkanes) is 2. The van der Waals surface area contributed by atoms with Crippen molar-refractivity contribution in [3.8, 4) is 0 Å². The van der Waals surface area contributed by atoms with Crippen molar-refractivity contribution in [2.45, 2.75) is 79.2 Å². The Balaban J connectivity index is 2.88. The van der Waals surface area contributed by atoms with Gasteiger partial charge in [0.2, 0.25) is 0 Å². The molecule has 0 saturated heterocycles. The van der Waals surface area contributed by atoms with Crippen LogP contribution in [0.15, 0.2) is 0 Å². The van der Waals surface area contributed by atoms with E-state index in [-0.39, 0.29) is 0 Å². The number of nitrogens with one attached hydrogen (secondary N) is 2. The largest absolute Gasteiger partial charge is 0.370 e. The monoisotopic (exact) mass is 292 g/mol. The van der Waals surface area contributed by atoms with Crippen LogP contribution in [-0.2, 0) is 0 Å². The van der Waals surface area contributed by atoms with Crippen LogP contribution in [0.3, 0.4) is 0 Å². The molecule has 1 atom stereocenters. The summed E-state index contributed by atoms with van der Waals surface area (Å²) in [4.78, 5) is 9.36. The van der Waals surface area contributed by atoms with Crippen molar-refractivity contribution in [3.63, 3.8) is 0 Å². The van der Waals surface area contributed by atoms with Crippen LogP contribution in [-0.4, -0.2) is 22.6 Å². The lowest BCUT2D eigenvalue weighted by Gasteiger charge is -2.19. The van der Waals surface area contributed by atoms with Crippen molar-refractivity contribution in [2.24, 2.45) is 0 Å². The van der Waals surface area contributed by atoms with Crippen LogP contribution in [0.25, 0.3) is 0 Å². The molecule has 0 aliphatic rings. The van der Waals surface area contributed by atoms with Gasteiger partial charge in [-0.05, 0) is 27.2 Å². The molecule has 0 bridgehead atoms. The second-order valence-corrected chi connectivity index (χ2v) is 6.13. The molecule has 0 radical (unpaired) electrons. The molecular formula is C17H32N4. The van der Waals surface area contributed by atoms with Gasteiger partial charge in [-0.15, -0.1) is 0 Å². The third-order valence-corrected chi connectivity index (χ3v) is 3.65. The predicted octanol–water partition coefficient (Wildman–Crippen LogP) is 4.72. The zero-order chi connectivity index (χ0) is 15.8. The molecule has 120 valence electrons. The topological polar surface area (TPSA) is 49.8 Å². The summed E-state index contributed by atoms with van der Waals surface area (Å²) in [6.07, 6.45) is 5.02.